The van der Waals surface area contributed by atoms with Crippen LogP contribution in [0, 0.1) is 5.92 Å². The maximum absolute atomic E-state index is 12.5. The smallest absolute Gasteiger partial charge is 0.252 e. The first-order valence-electron chi connectivity index (χ1n) is 6.17. The molecule has 1 saturated heterocycles. The molecule has 102 valence electrons. The molecule has 2 rings (SSSR count). The van der Waals surface area contributed by atoms with Crippen LogP contribution in [0.3, 0.4) is 0 Å². The molecule has 0 radical (unpaired) electrons. The first kappa shape index (κ1) is 14.0. The molecule has 0 saturated carbocycles. The third-order valence-electron chi connectivity index (χ3n) is 3.69. The summed E-state index contributed by atoms with van der Waals surface area (Å²) in [6.45, 7) is 4.56. The van der Waals surface area contributed by atoms with Gasteiger partial charge in [-0.2, -0.15) is 4.31 Å². The molecule has 2 heterocycles. The van der Waals surface area contributed by atoms with Crippen LogP contribution in [0.15, 0.2) is 15.7 Å². The fourth-order valence-electron chi connectivity index (χ4n) is 2.32. The van der Waals surface area contributed by atoms with E-state index in [-0.39, 0.29) is 12.6 Å². The molecule has 0 aromatic carbocycles. The van der Waals surface area contributed by atoms with E-state index >= 15 is 0 Å². The molecule has 2 atom stereocenters. The zero-order valence-corrected chi connectivity index (χ0v) is 12.3. The van der Waals surface area contributed by atoms with E-state index in [4.69, 9.17) is 5.11 Å². The van der Waals surface area contributed by atoms with Crippen molar-refractivity contribution in [1.29, 1.82) is 0 Å². The van der Waals surface area contributed by atoms with Gasteiger partial charge in [0.25, 0.3) is 10.0 Å². The molecule has 1 fully saturated rings. The van der Waals surface area contributed by atoms with Crippen molar-refractivity contribution in [3.05, 3.63) is 17.0 Å². The number of aliphatic hydroxyl groups is 1. The molecular weight excluding hydrogens is 270 g/mol. The van der Waals surface area contributed by atoms with E-state index in [1.54, 1.807) is 15.8 Å². The molecule has 6 heteroatoms. The van der Waals surface area contributed by atoms with Crippen LogP contribution in [0.2, 0.25) is 0 Å². The maximum atomic E-state index is 12.5. The molecule has 18 heavy (non-hydrogen) atoms. The van der Waals surface area contributed by atoms with Gasteiger partial charge in [-0.25, -0.2) is 8.42 Å². The second-order valence-corrected chi connectivity index (χ2v) is 7.94. The molecule has 0 amide bonds. The van der Waals surface area contributed by atoms with Crippen molar-refractivity contribution in [2.24, 2.45) is 5.92 Å². The van der Waals surface area contributed by atoms with E-state index in [2.05, 4.69) is 6.92 Å². The molecule has 1 aromatic rings. The second kappa shape index (κ2) is 5.28. The highest BCUT2D eigenvalue weighted by atomic mass is 32.2. The molecule has 1 aliphatic heterocycles. The molecule has 1 aliphatic rings. The topological polar surface area (TPSA) is 57.6 Å². The number of rotatable bonds is 3. The molecule has 1 aromatic heterocycles. The van der Waals surface area contributed by atoms with Gasteiger partial charge in [0.2, 0.25) is 0 Å². The highest BCUT2D eigenvalue weighted by Crippen LogP contribution is 2.31. The average Bonchev–Trinajstić information content (AvgIpc) is 2.81. The minimum atomic E-state index is -3.39. The summed E-state index contributed by atoms with van der Waals surface area (Å²) >= 11 is 1.19. The summed E-state index contributed by atoms with van der Waals surface area (Å²) in [5.41, 5.74) is 0.663. The van der Waals surface area contributed by atoms with Gasteiger partial charge in [-0.3, -0.25) is 0 Å². The van der Waals surface area contributed by atoms with Crippen LogP contribution in [0.1, 0.15) is 32.3 Å². The molecule has 0 bridgehead atoms. The first-order valence-corrected chi connectivity index (χ1v) is 8.49. The normalized spacial score (nSPS) is 26.4. The molecule has 4 nitrogen and oxygen atoms in total. The van der Waals surface area contributed by atoms with Crippen molar-refractivity contribution in [3.63, 3.8) is 0 Å². The van der Waals surface area contributed by atoms with E-state index < -0.39 is 10.0 Å². The van der Waals surface area contributed by atoms with Gasteiger partial charge in [-0.15, -0.1) is 11.3 Å². The number of sulfonamides is 1. The summed E-state index contributed by atoms with van der Waals surface area (Å²) < 4.78 is 27.0. The Hall–Kier alpha value is -0.430. The van der Waals surface area contributed by atoms with Gasteiger partial charge in [0.1, 0.15) is 4.21 Å². The Morgan fingerprint density at radius 3 is 2.83 bits per heavy atom. The van der Waals surface area contributed by atoms with Crippen molar-refractivity contribution in [1.82, 2.24) is 4.31 Å². The Kier molecular flexibility index (Phi) is 4.11. The zero-order valence-electron chi connectivity index (χ0n) is 10.7. The average molecular weight is 289 g/mol. The quantitative estimate of drug-likeness (QED) is 0.926. The van der Waals surface area contributed by atoms with Crippen LogP contribution in [-0.2, 0) is 16.6 Å². The highest BCUT2D eigenvalue weighted by molar-refractivity contribution is 7.91. The van der Waals surface area contributed by atoms with Gasteiger partial charge in [0.05, 0.1) is 6.61 Å². The Morgan fingerprint density at radius 2 is 2.22 bits per heavy atom. The minimum Gasteiger partial charge on any atom is -0.392 e. The van der Waals surface area contributed by atoms with Crippen LogP contribution < -0.4 is 0 Å². The Bertz CT molecular complexity index is 509. The summed E-state index contributed by atoms with van der Waals surface area (Å²) in [5.74, 6) is 0.394. The SMILES string of the molecule is CC1CCCN(S(=O)(=O)c2cc(CO)cs2)C1C. The third kappa shape index (κ3) is 2.47. The van der Waals surface area contributed by atoms with Crippen molar-refractivity contribution in [2.45, 2.75) is 43.5 Å². The Morgan fingerprint density at radius 1 is 1.50 bits per heavy atom. The predicted molar refractivity (Wildman–Crippen MR) is 72.0 cm³/mol. The summed E-state index contributed by atoms with van der Waals surface area (Å²) in [5, 5.41) is 10.7. The number of thiophene rings is 1. The lowest BCUT2D eigenvalue weighted by Gasteiger charge is -2.36. The number of aliphatic hydroxyl groups excluding tert-OH is 1. The fourth-order valence-corrected chi connectivity index (χ4v) is 5.42. The van der Waals surface area contributed by atoms with E-state index in [1.807, 2.05) is 6.92 Å². The van der Waals surface area contributed by atoms with Gasteiger partial charge in [-0.1, -0.05) is 6.92 Å². The van der Waals surface area contributed by atoms with Crippen LogP contribution in [-0.4, -0.2) is 30.4 Å². The fraction of sp³-hybridized carbons (Fsp3) is 0.667. The lowest BCUT2D eigenvalue weighted by molar-refractivity contribution is 0.202. The van der Waals surface area contributed by atoms with Crippen LogP contribution in [0.5, 0.6) is 0 Å². The molecule has 0 aliphatic carbocycles. The Balaban J connectivity index is 2.30. The number of hydrogen-bond donors (Lipinski definition) is 1. The zero-order chi connectivity index (χ0) is 13.3. The van der Waals surface area contributed by atoms with E-state index in [1.165, 1.54) is 11.3 Å². The first-order chi connectivity index (χ1) is 8.46. The van der Waals surface area contributed by atoms with Crippen LogP contribution in [0.25, 0.3) is 0 Å². The van der Waals surface area contributed by atoms with Crippen LogP contribution in [0.4, 0.5) is 0 Å². The number of nitrogens with zero attached hydrogens (tertiary/aromatic N) is 1. The molecule has 2 unspecified atom stereocenters. The molecule has 1 N–H and O–H groups in total. The van der Waals surface area contributed by atoms with Gasteiger partial charge in [0.15, 0.2) is 0 Å². The van der Waals surface area contributed by atoms with Crippen molar-refractivity contribution in [2.75, 3.05) is 6.54 Å². The highest BCUT2D eigenvalue weighted by Gasteiger charge is 2.35. The van der Waals surface area contributed by atoms with Crippen molar-refractivity contribution >= 4 is 21.4 Å². The monoisotopic (exact) mass is 289 g/mol. The third-order valence-corrected chi connectivity index (χ3v) is 7.14. The second-order valence-electron chi connectivity index (χ2n) is 4.91. The van der Waals surface area contributed by atoms with Crippen molar-refractivity contribution < 1.29 is 13.5 Å². The largest absolute Gasteiger partial charge is 0.392 e. The molecular formula is C12H19NO3S2. The van der Waals surface area contributed by atoms with Gasteiger partial charge >= 0.3 is 0 Å². The minimum absolute atomic E-state index is 0.0448. The van der Waals surface area contributed by atoms with Gasteiger partial charge in [0, 0.05) is 12.6 Å². The number of hydrogen-bond acceptors (Lipinski definition) is 4. The Labute approximate surface area is 112 Å². The number of piperidine rings is 1. The summed E-state index contributed by atoms with van der Waals surface area (Å²) in [4.78, 5) is 0. The van der Waals surface area contributed by atoms with Gasteiger partial charge < -0.3 is 5.11 Å². The standard InChI is InChI=1S/C12H19NO3S2/c1-9-4-3-5-13(10(9)2)18(15,16)12-6-11(7-14)8-17-12/h6,8-10,14H,3-5,7H2,1-2H3. The van der Waals surface area contributed by atoms with E-state index in [0.717, 1.165) is 12.8 Å². The lowest BCUT2D eigenvalue weighted by atomic mass is 9.94. The summed E-state index contributed by atoms with van der Waals surface area (Å²) in [6, 6.07) is 1.62. The maximum Gasteiger partial charge on any atom is 0.252 e. The van der Waals surface area contributed by atoms with E-state index in [0.29, 0.717) is 22.2 Å². The van der Waals surface area contributed by atoms with Gasteiger partial charge in [-0.05, 0) is 42.7 Å². The van der Waals surface area contributed by atoms with E-state index in [9.17, 15) is 8.42 Å². The molecule has 0 spiro atoms. The van der Waals surface area contributed by atoms with Crippen LogP contribution >= 0.6 is 11.3 Å². The summed E-state index contributed by atoms with van der Waals surface area (Å²) in [7, 11) is -3.39. The lowest BCUT2D eigenvalue weighted by Crippen LogP contribution is -2.45. The van der Waals surface area contributed by atoms with Crippen molar-refractivity contribution in [3.8, 4) is 0 Å². The summed E-state index contributed by atoms with van der Waals surface area (Å²) in [6.07, 6.45) is 2.00. The predicted octanol–water partition coefficient (Wildman–Crippen LogP) is 2.05.